The van der Waals surface area contributed by atoms with E-state index in [0.29, 0.717) is 11.3 Å². The number of rotatable bonds is 4. The summed E-state index contributed by atoms with van der Waals surface area (Å²) in [4.78, 5) is 20.9. The van der Waals surface area contributed by atoms with Gasteiger partial charge in [0.05, 0.1) is 16.6 Å². The molecule has 0 radical (unpaired) electrons. The maximum Gasteiger partial charge on any atom is 0.416 e. The fourth-order valence-electron chi connectivity index (χ4n) is 2.63. The van der Waals surface area contributed by atoms with Crippen LogP contribution >= 0.6 is 0 Å². The lowest BCUT2D eigenvalue weighted by Crippen LogP contribution is -2.41. The third-order valence-corrected chi connectivity index (χ3v) is 3.58. The van der Waals surface area contributed by atoms with Gasteiger partial charge in [-0.15, -0.1) is 0 Å². The zero-order valence-electron chi connectivity index (χ0n) is 14.0. The Bertz CT molecular complexity index is 752. The molecule has 4 nitrogen and oxygen atoms in total. The van der Waals surface area contributed by atoms with Crippen LogP contribution in [0.5, 0.6) is 0 Å². The van der Waals surface area contributed by atoms with Crippen LogP contribution in [0.25, 0.3) is 17.1 Å². The molecular formula is C17H20F3N3O. The predicted octanol–water partition coefficient (Wildman–Crippen LogP) is 4.24. The van der Waals surface area contributed by atoms with Gasteiger partial charge in [-0.05, 0) is 52.0 Å². The molecule has 0 spiro atoms. The van der Waals surface area contributed by atoms with Gasteiger partial charge in [-0.3, -0.25) is 4.79 Å². The number of amides is 1. The van der Waals surface area contributed by atoms with Crippen LogP contribution in [0.2, 0.25) is 0 Å². The number of carbonyl (C=O) groups is 1. The standard InChI is InChI=1S/C17H20F3N3O/c1-10(2)23(11(3)4)16(24)8-7-15-21-13-6-5-12(17(18,19)20)9-14(13)22-15/h5-11H,1-4H3,(H,21,22). The average Bonchev–Trinajstić information content (AvgIpc) is 2.85. The van der Waals surface area contributed by atoms with Gasteiger partial charge in [0.15, 0.2) is 0 Å². The number of halogens is 3. The van der Waals surface area contributed by atoms with E-state index in [9.17, 15) is 18.0 Å². The Balaban J connectivity index is 2.25. The fraction of sp³-hybridized carbons (Fsp3) is 0.412. The number of benzene rings is 1. The van der Waals surface area contributed by atoms with Gasteiger partial charge in [0.25, 0.3) is 0 Å². The van der Waals surface area contributed by atoms with Crippen molar-refractivity contribution in [3.63, 3.8) is 0 Å². The topological polar surface area (TPSA) is 49.0 Å². The Kier molecular flexibility index (Phi) is 5.01. The smallest absolute Gasteiger partial charge is 0.338 e. The van der Waals surface area contributed by atoms with Gasteiger partial charge in [-0.25, -0.2) is 4.98 Å². The monoisotopic (exact) mass is 339 g/mol. The highest BCUT2D eigenvalue weighted by Crippen LogP contribution is 2.30. The van der Waals surface area contributed by atoms with Gasteiger partial charge in [0.2, 0.25) is 5.91 Å². The van der Waals surface area contributed by atoms with Gasteiger partial charge < -0.3 is 9.88 Å². The number of fused-ring (bicyclic) bond motifs is 1. The number of nitrogens with one attached hydrogen (secondary N) is 1. The second-order valence-electron chi connectivity index (χ2n) is 6.12. The third-order valence-electron chi connectivity index (χ3n) is 3.58. The summed E-state index contributed by atoms with van der Waals surface area (Å²) in [5, 5.41) is 0. The fourth-order valence-corrected chi connectivity index (χ4v) is 2.63. The van der Waals surface area contributed by atoms with Crippen LogP contribution in [0.1, 0.15) is 39.1 Å². The molecule has 0 bridgehead atoms. The summed E-state index contributed by atoms with van der Waals surface area (Å²) >= 11 is 0. The molecule has 2 rings (SSSR count). The summed E-state index contributed by atoms with van der Waals surface area (Å²) in [6.45, 7) is 7.69. The normalized spacial score (nSPS) is 12.7. The summed E-state index contributed by atoms with van der Waals surface area (Å²) in [5.41, 5.74) is -0.0442. The van der Waals surface area contributed by atoms with Crippen molar-refractivity contribution in [1.82, 2.24) is 14.9 Å². The zero-order chi connectivity index (χ0) is 18.1. The first kappa shape index (κ1) is 18.0. The summed E-state index contributed by atoms with van der Waals surface area (Å²) < 4.78 is 38.2. The van der Waals surface area contributed by atoms with Gasteiger partial charge in [0.1, 0.15) is 5.82 Å². The van der Waals surface area contributed by atoms with Crippen molar-refractivity contribution in [3.8, 4) is 0 Å². The van der Waals surface area contributed by atoms with E-state index in [2.05, 4.69) is 9.97 Å². The molecule has 130 valence electrons. The maximum atomic E-state index is 12.7. The molecule has 1 N–H and O–H groups in total. The molecule has 0 aliphatic rings. The number of aromatic amines is 1. The number of nitrogens with zero attached hydrogens (tertiary/aromatic N) is 2. The largest absolute Gasteiger partial charge is 0.416 e. The molecule has 0 atom stereocenters. The summed E-state index contributed by atoms with van der Waals surface area (Å²) in [5.74, 6) is 0.168. The predicted molar refractivity (Wildman–Crippen MR) is 87.2 cm³/mol. The van der Waals surface area contributed by atoms with Gasteiger partial charge in [-0.2, -0.15) is 13.2 Å². The Morgan fingerprint density at radius 1 is 1.21 bits per heavy atom. The lowest BCUT2D eigenvalue weighted by atomic mass is 10.2. The van der Waals surface area contributed by atoms with Crippen LogP contribution in [-0.2, 0) is 11.0 Å². The first-order valence-electron chi connectivity index (χ1n) is 7.67. The second-order valence-corrected chi connectivity index (χ2v) is 6.12. The highest BCUT2D eigenvalue weighted by Gasteiger charge is 2.30. The molecule has 24 heavy (non-hydrogen) atoms. The number of imidazole rings is 1. The van der Waals surface area contributed by atoms with Crippen LogP contribution in [0.4, 0.5) is 13.2 Å². The molecule has 1 aromatic carbocycles. The molecule has 0 saturated heterocycles. The molecule has 1 amide bonds. The van der Waals surface area contributed by atoms with Crippen molar-refractivity contribution in [1.29, 1.82) is 0 Å². The molecule has 2 aromatic rings. The number of alkyl halides is 3. The minimum atomic E-state index is -4.40. The number of H-pyrrole nitrogens is 1. The van der Waals surface area contributed by atoms with Crippen LogP contribution in [-0.4, -0.2) is 32.9 Å². The van der Waals surface area contributed by atoms with E-state index in [-0.39, 0.29) is 23.5 Å². The van der Waals surface area contributed by atoms with Crippen LogP contribution in [0.15, 0.2) is 24.3 Å². The van der Waals surface area contributed by atoms with Gasteiger partial charge in [0, 0.05) is 18.2 Å². The highest BCUT2D eigenvalue weighted by molar-refractivity contribution is 5.92. The first-order valence-corrected chi connectivity index (χ1v) is 7.67. The van der Waals surface area contributed by atoms with Crippen molar-refractivity contribution in [2.75, 3.05) is 0 Å². The van der Waals surface area contributed by atoms with E-state index in [1.807, 2.05) is 27.7 Å². The average molecular weight is 339 g/mol. The number of carbonyl (C=O) groups excluding carboxylic acids is 1. The van der Waals surface area contributed by atoms with E-state index in [1.165, 1.54) is 18.2 Å². The molecular weight excluding hydrogens is 319 g/mol. The lowest BCUT2D eigenvalue weighted by molar-refractivity contribution is -0.137. The molecule has 0 aliphatic carbocycles. The van der Waals surface area contributed by atoms with Crippen molar-refractivity contribution < 1.29 is 18.0 Å². The lowest BCUT2D eigenvalue weighted by Gasteiger charge is -2.29. The molecule has 0 fully saturated rings. The van der Waals surface area contributed by atoms with Crippen molar-refractivity contribution in [2.45, 2.75) is 46.0 Å². The van der Waals surface area contributed by atoms with Crippen molar-refractivity contribution in [2.24, 2.45) is 0 Å². The third kappa shape index (κ3) is 3.96. The van der Waals surface area contributed by atoms with E-state index < -0.39 is 11.7 Å². The Labute approximate surface area is 138 Å². The number of hydrogen-bond acceptors (Lipinski definition) is 2. The van der Waals surface area contributed by atoms with Crippen molar-refractivity contribution in [3.05, 3.63) is 35.7 Å². The first-order chi connectivity index (χ1) is 11.1. The van der Waals surface area contributed by atoms with E-state index in [1.54, 1.807) is 4.90 Å². The summed E-state index contributed by atoms with van der Waals surface area (Å²) in [6, 6.07) is 3.40. The molecule has 0 saturated carbocycles. The summed E-state index contributed by atoms with van der Waals surface area (Å²) in [6.07, 6.45) is -1.55. The van der Waals surface area contributed by atoms with Gasteiger partial charge >= 0.3 is 6.18 Å². The number of aromatic nitrogens is 2. The minimum Gasteiger partial charge on any atom is -0.338 e. The van der Waals surface area contributed by atoms with Crippen molar-refractivity contribution >= 4 is 23.0 Å². The SMILES string of the molecule is CC(C)N(C(=O)C=Cc1nc2ccc(C(F)(F)F)cc2[nH]1)C(C)C. The van der Waals surface area contributed by atoms with Gasteiger partial charge in [-0.1, -0.05) is 0 Å². The molecule has 1 aromatic heterocycles. The molecule has 7 heteroatoms. The maximum absolute atomic E-state index is 12.7. The minimum absolute atomic E-state index is 0.0483. The number of hydrogen-bond donors (Lipinski definition) is 1. The Morgan fingerprint density at radius 3 is 2.38 bits per heavy atom. The quantitative estimate of drug-likeness (QED) is 0.847. The van der Waals surface area contributed by atoms with Crippen LogP contribution < -0.4 is 0 Å². The van der Waals surface area contributed by atoms with Crippen LogP contribution in [0, 0.1) is 0 Å². The Hall–Kier alpha value is -2.31. The van der Waals surface area contributed by atoms with E-state index in [0.717, 1.165) is 12.1 Å². The van der Waals surface area contributed by atoms with E-state index >= 15 is 0 Å². The van der Waals surface area contributed by atoms with Crippen LogP contribution in [0.3, 0.4) is 0 Å². The molecule has 1 heterocycles. The highest BCUT2D eigenvalue weighted by atomic mass is 19.4. The Morgan fingerprint density at radius 2 is 1.83 bits per heavy atom. The zero-order valence-corrected chi connectivity index (χ0v) is 14.0. The summed E-state index contributed by atoms with van der Waals surface area (Å²) in [7, 11) is 0. The van der Waals surface area contributed by atoms with E-state index in [4.69, 9.17) is 0 Å². The molecule has 0 unspecified atom stereocenters. The molecule has 0 aliphatic heterocycles. The second kappa shape index (κ2) is 6.67.